The Morgan fingerprint density at radius 3 is 2.76 bits per heavy atom. The first-order valence-electron chi connectivity index (χ1n) is 10.3. The minimum Gasteiger partial charge on any atom is -0.381 e. The molecule has 0 amide bonds. The Morgan fingerprint density at radius 1 is 1.10 bits per heavy atom. The van der Waals surface area contributed by atoms with Crippen LogP contribution in [0.3, 0.4) is 0 Å². The van der Waals surface area contributed by atoms with Crippen LogP contribution in [0, 0.1) is 5.92 Å². The number of fused-ring (bicyclic) bond motifs is 1. The molecular formula is C22H26N4O2S. The second kappa shape index (κ2) is 8.75. The summed E-state index contributed by atoms with van der Waals surface area (Å²) in [5.74, 6) is 1.47. The van der Waals surface area contributed by atoms with E-state index in [4.69, 9.17) is 9.47 Å². The minimum absolute atomic E-state index is 0.422. The lowest BCUT2D eigenvalue weighted by Gasteiger charge is -2.37. The maximum atomic E-state index is 5.71. The van der Waals surface area contributed by atoms with Crippen LogP contribution in [0.1, 0.15) is 6.42 Å². The fourth-order valence-corrected chi connectivity index (χ4v) is 5.32. The highest BCUT2D eigenvalue weighted by Crippen LogP contribution is 2.36. The van der Waals surface area contributed by atoms with Gasteiger partial charge in [-0.15, -0.1) is 11.3 Å². The zero-order valence-corrected chi connectivity index (χ0v) is 17.2. The van der Waals surface area contributed by atoms with Crippen LogP contribution in [-0.4, -0.2) is 67.0 Å². The summed E-state index contributed by atoms with van der Waals surface area (Å²) in [5, 5.41) is 6.98. The van der Waals surface area contributed by atoms with Gasteiger partial charge in [-0.05, 0) is 12.0 Å². The van der Waals surface area contributed by atoms with Crippen molar-refractivity contribution in [1.29, 1.82) is 0 Å². The number of hydrogen-bond donors (Lipinski definition) is 1. The molecule has 1 N–H and O–H groups in total. The van der Waals surface area contributed by atoms with Gasteiger partial charge in [-0.3, -0.25) is 4.90 Å². The number of aromatic nitrogens is 2. The zero-order chi connectivity index (χ0) is 19.5. The summed E-state index contributed by atoms with van der Waals surface area (Å²) in [4.78, 5) is 12.7. The molecule has 2 aliphatic heterocycles. The van der Waals surface area contributed by atoms with Crippen molar-refractivity contribution in [2.45, 2.75) is 12.5 Å². The van der Waals surface area contributed by atoms with Crippen LogP contribution in [0.4, 0.5) is 5.82 Å². The molecule has 29 heavy (non-hydrogen) atoms. The molecule has 2 fully saturated rings. The summed E-state index contributed by atoms with van der Waals surface area (Å²) in [6.07, 6.45) is 2.79. The molecule has 2 aromatic heterocycles. The van der Waals surface area contributed by atoms with Gasteiger partial charge in [-0.25, -0.2) is 9.97 Å². The summed E-state index contributed by atoms with van der Waals surface area (Å²) >= 11 is 1.67. The van der Waals surface area contributed by atoms with Gasteiger partial charge in [0.15, 0.2) is 0 Å². The smallest absolute Gasteiger partial charge is 0.138 e. The van der Waals surface area contributed by atoms with Crippen LogP contribution >= 0.6 is 11.3 Å². The molecule has 2 atom stereocenters. The van der Waals surface area contributed by atoms with Gasteiger partial charge in [-0.2, -0.15) is 0 Å². The molecule has 2 aliphatic rings. The van der Waals surface area contributed by atoms with E-state index in [1.165, 1.54) is 11.1 Å². The van der Waals surface area contributed by atoms with E-state index in [1.807, 2.05) is 6.07 Å². The molecule has 0 bridgehead atoms. The molecule has 1 aromatic carbocycles. The summed E-state index contributed by atoms with van der Waals surface area (Å²) in [7, 11) is 0. The molecule has 3 aromatic rings. The Balaban J connectivity index is 1.42. The predicted molar refractivity (Wildman–Crippen MR) is 116 cm³/mol. The van der Waals surface area contributed by atoms with Gasteiger partial charge in [0, 0.05) is 49.1 Å². The van der Waals surface area contributed by atoms with Crippen LogP contribution in [0.25, 0.3) is 21.3 Å². The molecule has 0 aliphatic carbocycles. The SMILES string of the molecule is c1ccc(-c2csc3ncnc(NCC(C4CCOC4)N4CCOCC4)c23)cc1. The molecule has 2 saturated heterocycles. The molecule has 5 rings (SSSR count). The second-order valence-electron chi connectivity index (χ2n) is 7.64. The van der Waals surface area contributed by atoms with E-state index in [-0.39, 0.29) is 0 Å². The van der Waals surface area contributed by atoms with Crippen LogP contribution in [0.2, 0.25) is 0 Å². The number of ether oxygens (including phenoxy) is 2. The van der Waals surface area contributed by atoms with Crippen LogP contribution in [0.5, 0.6) is 0 Å². The number of morpholine rings is 1. The van der Waals surface area contributed by atoms with Gasteiger partial charge in [-0.1, -0.05) is 30.3 Å². The normalized spacial score (nSPS) is 21.4. The van der Waals surface area contributed by atoms with Crippen molar-refractivity contribution in [2.75, 3.05) is 51.4 Å². The molecule has 0 radical (unpaired) electrons. The fourth-order valence-electron chi connectivity index (χ4n) is 4.40. The van der Waals surface area contributed by atoms with Gasteiger partial charge < -0.3 is 14.8 Å². The third-order valence-corrected chi connectivity index (χ3v) is 6.84. The lowest BCUT2D eigenvalue weighted by atomic mass is 9.96. The maximum Gasteiger partial charge on any atom is 0.138 e. The van der Waals surface area contributed by atoms with E-state index >= 15 is 0 Å². The van der Waals surface area contributed by atoms with Crippen molar-refractivity contribution in [2.24, 2.45) is 5.92 Å². The van der Waals surface area contributed by atoms with E-state index in [0.717, 1.165) is 68.5 Å². The average molecular weight is 411 g/mol. The lowest BCUT2D eigenvalue weighted by molar-refractivity contribution is 0.00460. The first-order chi connectivity index (χ1) is 14.4. The lowest BCUT2D eigenvalue weighted by Crippen LogP contribution is -2.50. The topological polar surface area (TPSA) is 59.5 Å². The van der Waals surface area contributed by atoms with E-state index in [9.17, 15) is 0 Å². The van der Waals surface area contributed by atoms with Crippen molar-refractivity contribution in [3.63, 3.8) is 0 Å². The fraction of sp³-hybridized carbons (Fsp3) is 0.455. The van der Waals surface area contributed by atoms with E-state index in [2.05, 4.69) is 49.8 Å². The molecule has 152 valence electrons. The van der Waals surface area contributed by atoms with Gasteiger partial charge in [0.05, 0.1) is 25.2 Å². The summed E-state index contributed by atoms with van der Waals surface area (Å²) in [6, 6.07) is 10.9. The van der Waals surface area contributed by atoms with E-state index in [1.54, 1.807) is 17.7 Å². The Labute approximate surface area is 174 Å². The number of hydrogen-bond acceptors (Lipinski definition) is 7. The van der Waals surface area contributed by atoms with Crippen LogP contribution < -0.4 is 5.32 Å². The van der Waals surface area contributed by atoms with Gasteiger partial charge >= 0.3 is 0 Å². The number of rotatable bonds is 6. The number of benzene rings is 1. The average Bonchev–Trinajstić information content (AvgIpc) is 3.46. The molecule has 0 spiro atoms. The predicted octanol–water partition coefficient (Wildman–Crippen LogP) is 3.51. The van der Waals surface area contributed by atoms with Gasteiger partial charge in [0.25, 0.3) is 0 Å². The molecule has 6 nitrogen and oxygen atoms in total. The van der Waals surface area contributed by atoms with E-state index in [0.29, 0.717) is 12.0 Å². The monoisotopic (exact) mass is 410 g/mol. The summed E-state index contributed by atoms with van der Waals surface area (Å²) in [5.41, 5.74) is 2.39. The quantitative estimate of drug-likeness (QED) is 0.671. The highest BCUT2D eigenvalue weighted by atomic mass is 32.1. The Bertz CT molecular complexity index is 936. The third kappa shape index (κ3) is 4.00. The van der Waals surface area contributed by atoms with Gasteiger partial charge in [0.2, 0.25) is 0 Å². The highest BCUT2D eigenvalue weighted by molar-refractivity contribution is 7.17. The minimum atomic E-state index is 0.422. The Morgan fingerprint density at radius 2 is 1.97 bits per heavy atom. The Kier molecular flexibility index (Phi) is 5.71. The molecule has 2 unspecified atom stereocenters. The van der Waals surface area contributed by atoms with Crippen LogP contribution in [-0.2, 0) is 9.47 Å². The van der Waals surface area contributed by atoms with E-state index < -0.39 is 0 Å². The number of anilines is 1. The molecule has 7 heteroatoms. The summed E-state index contributed by atoms with van der Waals surface area (Å²) in [6.45, 7) is 6.15. The highest BCUT2D eigenvalue weighted by Gasteiger charge is 2.31. The first-order valence-corrected chi connectivity index (χ1v) is 11.2. The largest absolute Gasteiger partial charge is 0.381 e. The van der Waals surface area contributed by atoms with Gasteiger partial charge in [0.1, 0.15) is 17.0 Å². The molecular weight excluding hydrogens is 384 g/mol. The van der Waals surface area contributed by atoms with Crippen molar-refractivity contribution < 1.29 is 9.47 Å². The standard InChI is InChI=1S/C22H26N4O2S/c1-2-4-16(5-3-1)18-14-29-22-20(18)21(24-15-25-22)23-12-19(17-6-9-28-13-17)26-7-10-27-11-8-26/h1-5,14-15,17,19H,6-13H2,(H,23,24,25). The Hall–Kier alpha value is -2.06. The number of thiophene rings is 1. The van der Waals surface area contributed by atoms with Crippen molar-refractivity contribution in [3.8, 4) is 11.1 Å². The molecule has 0 saturated carbocycles. The summed E-state index contributed by atoms with van der Waals surface area (Å²) < 4.78 is 11.3. The first kappa shape index (κ1) is 18.9. The van der Waals surface area contributed by atoms with Crippen molar-refractivity contribution in [3.05, 3.63) is 42.0 Å². The second-order valence-corrected chi connectivity index (χ2v) is 8.50. The zero-order valence-electron chi connectivity index (χ0n) is 16.4. The third-order valence-electron chi connectivity index (χ3n) is 5.96. The van der Waals surface area contributed by atoms with Crippen LogP contribution in [0.15, 0.2) is 42.0 Å². The van der Waals surface area contributed by atoms with Crippen molar-refractivity contribution >= 4 is 27.4 Å². The van der Waals surface area contributed by atoms with Crippen molar-refractivity contribution in [1.82, 2.24) is 14.9 Å². The maximum absolute atomic E-state index is 5.71. The number of nitrogens with zero attached hydrogens (tertiary/aromatic N) is 3. The number of nitrogens with one attached hydrogen (secondary N) is 1. The molecule has 4 heterocycles.